The summed E-state index contributed by atoms with van der Waals surface area (Å²) in [7, 11) is -1.95. The van der Waals surface area contributed by atoms with Crippen molar-refractivity contribution in [3.05, 3.63) is 92.6 Å². The number of ether oxygens (including phenoxy) is 5. The second kappa shape index (κ2) is 26.0. The van der Waals surface area contributed by atoms with Crippen molar-refractivity contribution in [1.29, 1.82) is 0 Å². The summed E-state index contributed by atoms with van der Waals surface area (Å²) in [6.45, 7) is 3.99. The molecule has 2 aromatic carbocycles. The minimum Gasteiger partial charge on any atom is -0.481 e. The number of urea groups is 1. The van der Waals surface area contributed by atoms with Crippen molar-refractivity contribution in [2.75, 3.05) is 53.1 Å². The first kappa shape index (κ1) is 58.9. The number of carboxylic acids is 1. The van der Waals surface area contributed by atoms with E-state index < -0.39 is 92.3 Å². The lowest BCUT2D eigenvalue weighted by Gasteiger charge is -2.14. The first-order valence-electron chi connectivity index (χ1n) is 19.4. The van der Waals surface area contributed by atoms with Gasteiger partial charge in [0.15, 0.2) is 18.5 Å². The lowest BCUT2D eigenvalue weighted by atomic mass is 10.1. The first-order chi connectivity index (χ1) is 32.4. The van der Waals surface area contributed by atoms with E-state index in [9.17, 15) is 60.2 Å². The number of nitrogens with one attached hydrogen (secondary N) is 2. The zero-order chi connectivity index (χ0) is 53.3. The van der Waals surface area contributed by atoms with Gasteiger partial charge in [0, 0.05) is 45.3 Å². The molecule has 4 rings (SSSR count). The highest BCUT2D eigenvalue weighted by atomic mass is 35.5. The van der Waals surface area contributed by atoms with Gasteiger partial charge in [-0.05, 0) is 56.7 Å². The smallest absolute Gasteiger partial charge is 0.416 e. The fraction of sp³-hybridized carbons (Fsp3) is 0.333. The Morgan fingerprint density at radius 3 is 2.13 bits per heavy atom. The Morgan fingerprint density at radius 2 is 1.63 bits per heavy atom. The van der Waals surface area contributed by atoms with E-state index in [0.717, 1.165) is 30.3 Å². The molecule has 0 bridgehead atoms. The summed E-state index contributed by atoms with van der Waals surface area (Å²) in [5.41, 5.74) is 2.74. The number of alkyl halides is 3. The predicted octanol–water partition coefficient (Wildman–Crippen LogP) is 4.96. The van der Waals surface area contributed by atoms with Gasteiger partial charge in [-0.3, -0.25) is 29.6 Å². The molecule has 3 atom stereocenters. The average molecular weight is 1050 g/mol. The Morgan fingerprint density at radius 1 is 1.01 bits per heavy atom. The number of esters is 2. The zero-order valence-electron chi connectivity index (χ0n) is 37.7. The molecule has 4 aromatic rings. The number of hydrogen-bond donors (Lipinski definition) is 5. The van der Waals surface area contributed by atoms with Gasteiger partial charge in [-0.25, -0.2) is 24.1 Å². The number of nitro benzene ring substituents is 1. The lowest BCUT2D eigenvalue weighted by Crippen LogP contribution is -2.36. The molecule has 0 saturated carbocycles. The Kier molecular flexibility index (Phi) is 21.9. The molecule has 70 heavy (non-hydrogen) atoms. The Balaban J connectivity index is 0.000000398. The van der Waals surface area contributed by atoms with Crippen LogP contribution in [-0.4, -0.2) is 133 Å². The maximum Gasteiger partial charge on any atom is 0.416 e. The molecule has 6 N–H and O–H groups in total. The average Bonchev–Trinajstić information content (AvgIpc) is 3.27. The van der Waals surface area contributed by atoms with E-state index in [4.69, 9.17) is 51.0 Å². The van der Waals surface area contributed by atoms with E-state index in [-0.39, 0.29) is 59.0 Å². The Labute approximate surface area is 401 Å². The number of nitro groups is 1. The van der Waals surface area contributed by atoms with Crippen molar-refractivity contribution in [3.63, 3.8) is 0 Å². The summed E-state index contributed by atoms with van der Waals surface area (Å²) in [6.07, 6.45) is -4.75. The molecule has 31 heteroatoms. The maximum absolute atomic E-state index is 12.8. The van der Waals surface area contributed by atoms with Crippen LogP contribution in [0, 0.1) is 10.1 Å². The number of nitrogens with zero attached hydrogens (tertiary/aromatic N) is 5. The van der Waals surface area contributed by atoms with E-state index >= 15 is 0 Å². The van der Waals surface area contributed by atoms with Crippen molar-refractivity contribution in [1.82, 2.24) is 24.6 Å². The van der Waals surface area contributed by atoms with E-state index in [1.54, 1.807) is 11.6 Å². The molecule has 0 aliphatic rings. The fourth-order valence-electron chi connectivity index (χ4n) is 4.80. The van der Waals surface area contributed by atoms with Crippen LogP contribution >= 0.6 is 19.0 Å². The standard InChI is InChI=1S/C19H15ClF3NO7.C15H18N6O6S.C5H12NO4P/c1-3-29-17(25)10(2)30-18(26)13-9-12(5-6-15(13)24(27)28)31-16-7-4-11(8-14(16)20)19(21,22)23;1-21(2)13(22)9-6-5-7-16-12(9)28(24,25)20-15(23)19-14-17-10(26-3)8-11(18-14)27-4;1-11(9,10)3-2-4(6)5(7)8/h4-10H,3H2,1-2H3;5-8H,1-4H3,(H2,17,18,19,20,23);4H,2-3,6H2,1H3,(H,7,8)(H,9,10). The van der Waals surface area contributed by atoms with Crippen molar-refractivity contribution in [2.45, 2.75) is 43.6 Å². The van der Waals surface area contributed by atoms with Gasteiger partial charge in [-0.15, -0.1) is 0 Å². The topological polar surface area (TPSA) is 358 Å². The molecule has 0 spiro atoms. The third kappa shape index (κ3) is 18.7. The highest BCUT2D eigenvalue weighted by Gasteiger charge is 2.32. The number of benzene rings is 2. The number of nitrogens with two attached hydrogens (primary N) is 1. The molecule has 0 aliphatic heterocycles. The predicted molar refractivity (Wildman–Crippen MR) is 239 cm³/mol. The molecule has 2 aromatic heterocycles. The Hall–Kier alpha value is -7.20. The number of hydrogen-bond acceptors (Lipinski definition) is 19. The van der Waals surface area contributed by atoms with Gasteiger partial charge in [0.05, 0.1) is 48.0 Å². The van der Waals surface area contributed by atoms with Crippen molar-refractivity contribution < 1.29 is 88.7 Å². The summed E-state index contributed by atoms with van der Waals surface area (Å²) < 4.78 is 101. The van der Waals surface area contributed by atoms with Crippen LogP contribution in [0.2, 0.25) is 5.02 Å². The summed E-state index contributed by atoms with van der Waals surface area (Å²) in [4.78, 5) is 90.2. The summed E-state index contributed by atoms with van der Waals surface area (Å²) in [5, 5.41) is 20.7. The van der Waals surface area contributed by atoms with E-state index in [1.807, 2.05) is 0 Å². The molecule has 0 fully saturated rings. The summed E-state index contributed by atoms with van der Waals surface area (Å²) in [5.74, 6) is -4.16. The highest BCUT2D eigenvalue weighted by molar-refractivity contribution is 7.90. The Bertz CT molecular complexity index is 2690. The van der Waals surface area contributed by atoms with Crippen LogP contribution in [0.1, 0.15) is 46.5 Å². The zero-order valence-corrected chi connectivity index (χ0v) is 40.2. The highest BCUT2D eigenvalue weighted by Crippen LogP contribution is 2.38. The minimum atomic E-state index is -4.61. The molecule has 0 saturated heterocycles. The molecular weight excluding hydrogens is 1010 g/mol. The van der Waals surface area contributed by atoms with Crippen molar-refractivity contribution in [3.8, 4) is 23.3 Å². The quantitative estimate of drug-likeness (QED) is 0.0404. The van der Waals surface area contributed by atoms with Gasteiger partial charge >= 0.3 is 30.1 Å². The largest absolute Gasteiger partial charge is 0.481 e. The molecule has 3 unspecified atom stereocenters. The molecule has 3 amide bonds. The molecule has 382 valence electrons. The number of pyridine rings is 1. The molecule has 2 heterocycles. The summed E-state index contributed by atoms with van der Waals surface area (Å²) >= 11 is 5.83. The van der Waals surface area contributed by atoms with Crippen LogP contribution in [0.5, 0.6) is 23.3 Å². The molecule has 0 aliphatic carbocycles. The van der Waals surface area contributed by atoms with Gasteiger partial charge < -0.3 is 44.3 Å². The van der Waals surface area contributed by atoms with Crippen molar-refractivity contribution in [2.24, 2.45) is 5.73 Å². The first-order valence-corrected chi connectivity index (χ1v) is 23.6. The molecule has 0 radical (unpaired) electrons. The van der Waals surface area contributed by atoms with E-state index in [0.29, 0.717) is 6.07 Å². The van der Waals surface area contributed by atoms with Crippen LogP contribution in [0.4, 0.5) is 29.6 Å². The second-order valence-corrected chi connectivity index (χ2v) is 18.4. The number of carbonyl (C=O) groups is 5. The SMILES string of the molecule is CCOC(=O)C(C)OC(=O)c1cc(Oc2ccc(C(F)(F)F)cc2Cl)ccc1[N+](=O)[O-].COc1cc(OC)nc(NC(=O)NS(=O)(=O)c2ncccc2C(=O)N(C)C)n1.CP(=O)(O)CCC(N)C(=O)O. The lowest BCUT2D eigenvalue weighted by molar-refractivity contribution is -0.385. The van der Waals surface area contributed by atoms with Crippen LogP contribution in [0.3, 0.4) is 0 Å². The van der Waals surface area contributed by atoms with Gasteiger partial charge in [0.25, 0.3) is 21.6 Å². The van der Waals surface area contributed by atoms with Gasteiger partial charge in [0.2, 0.25) is 17.7 Å². The number of sulfonamides is 1. The van der Waals surface area contributed by atoms with Gasteiger partial charge in [-0.1, -0.05) is 11.6 Å². The third-order valence-corrected chi connectivity index (χ3v) is 10.8. The molecular formula is C39H45ClF3N8O17PS. The minimum absolute atomic E-state index is 0.0398. The third-order valence-electron chi connectivity index (χ3n) is 8.16. The number of methoxy groups -OCH3 is 2. The number of aliphatic carboxylic acids is 1. The van der Waals surface area contributed by atoms with Crippen LogP contribution in [-0.2, 0) is 39.8 Å². The second-order valence-electron chi connectivity index (χ2n) is 13.9. The fourth-order valence-corrected chi connectivity index (χ4v) is 6.81. The number of amides is 3. The van der Waals surface area contributed by atoms with Gasteiger partial charge in [-0.2, -0.15) is 31.6 Å². The molecule has 25 nitrogen and oxygen atoms in total. The van der Waals surface area contributed by atoms with E-state index in [1.165, 1.54) is 71.2 Å². The number of carboxylic acid groups (broad SMARTS) is 1. The number of halogens is 4. The normalized spacial score (nSPS) is 12.6. The number of rotatable bonds is 17. The monoisotopic (exact) mass is 1050 g/mol. The van der Waals surface area contributed by atoms with Crippen LogP contribution in [0.15, 0.2) is 65.8 Å². The number of anilines is 1. The van der Waals surface area contributed by atoms with Crippen molar-refractivity contribution >= 4 is 70.5 Å². The maximum atomic E-state index is 12.8. The number of carbonyl (C=O) groups excluding carboxylic acids is 4. The number of aromatic nitrogens is 3. The van der Waals surface area contributed by atoms with Crippen LogP contribution < -0.4 is 30.0 Å². The van der Waals surface area contributed by atoms with Gasteiger partial charge in [0.1, 0.15) is 23.1 Å². The summed E-state index contributed by atoms with van der Waals surface area (Å²) in [6, 6.07) is 7.24. The van der Waals surface area contributed by atoms with Crippen LogP contribution in [0.25, 0.3) is 0 Å². The van der Waals surface area contributed by atoms with E-state index in [2.05, 4.69) is 20.3 Å².